The Bertz CT molecular complexity index is 644. The van der Waals surface area contributed by atoms with Gasteiger partial charge in [0.15, 0.2) is 0 Å². The Morgan fingerprint density at radius 2 is 1.95 bits per heavy atom. The number of rotatable bonds is 4. The van der Waals surface area contributed by atoms with Crippen LogP contribution in [0.1, 0.15) is 12.0 Å². The zero-order valence-corrected chi connectivity index (χ0v) is 14.1. The molecule has 1 aromatic rings. The van der Waals surface area contributed by atoms with Crippen molar-refractivity contribution in [1.82, 2.24) is 10.2 Å². The van der Waals surface area contributed by atoms with Gasteiger partial charge in [0.25, 0.3) is 5.91 Å². The summed E-state index contributed by atoms with van der Waals surface area (Å²) in [4.78, 5) is 35.9. The number of aliphatic carboxylic acids is 1. The second kappa shape index (κ2) is 6.64. The van der Waals surface area contributed by atoms with Gasteiger partial charge in [-0.05, 0) is 12.0 Å². The summed E-state index contributed by atoms with van der Waals surface area (Å²) in [6, 6.07) is 8.26. The molecule has 0 spiro atoms. The summed E-state index contributed by atoms with van der Waals surface area (Å²) in [6.45, 7) is 0. The van der Waals surface area contributed by atoms with Gasteiger partial charge in [-0.25, -0.2) is 0 Å². The van der Waals surface area contributed by atoms with Crippen LogP contribution in [0.2, 0.25) is 0 Å². The van der Waals surface area contributed by atoms with Gasteiger partial charge in [0.2, 0.25) is 5.91 Å². The first-order chi connectivity index (χ1) is 10.1. The van der Waals surface area contributed by atoms with Gasteiger partial charge in [-0.2, -0.15) is 0 Å². The fourth-order valence-corrected chi connectivity index (χ4v) is 2.76. The van der Waals surface area contributed by atoms with Gasteiger partial charge < -0.3 is 20.1 Å². The van der Waals surface area contributed by atoms with E-state index < -0.39 is 17.9 Å². The van der Waals surface area contributed by atoms with E-state index in [4.69, 9.17) is 0 Å². The number of hydrogen-bond acceptors (Lipinski definition) is 4. The molecule has 22 heavy (non-hydrogen) atoms. The molecule has 6 nitrogen and oxygen atoms in total. The van der Waals surface area contributed by atoms with Crippen LogP contribution in [0.25, 0.3) is 0 Å². The summed E-state index contributed by atoms with van der Waals surface area (Å²) in [6.07, 6.45) is 2.07. The molecule has 2 heterocycles. The Hall–Kier alpha value is -1.63. The van der Waals surface area contributed by atoms with Crippen LogP contribution < -0.4 is 40.0 Å². The van der Waals surface area contributed by atoms with E-state index in [2.05, 4.69) is 5.32 Å². The number of nitrogens with zero attached hydrogens (tertiary/aromatic N) is 1. The Labute approximate surface area is 149 Å². The van der Waals surface area contributed by atoms with E-state index >= 15 is 0 Å². The number of nitrogens with one attached hydrogen (secondary N) is 1. The zero-order valence-electron chi connectivity index (χ0n) is 12.1. The molecule has 2 atom stereocenters. The Balaban J connectivity index is 0.00000176. The fourth-order valence-electron chi connectivity index (χ4n) is 2.76. The van der Waals surface area contributed by atoms with Gasteiger partial charge in [0.05, 0.1) is 24.1 Å². The Morgan fingerprint density at radius 3 is 2.59 bits per heavy atom. The number of fused-ring (bicyclic) bond motifs is 1. The first-order valence-corrected chi connectivity index (χ1v) is 6.66. The van der Waals surface area contributed by atoms with E-state index in [1.54, 1.807) is 0 Å². The molecular weight excluding hydrogens is 295 g/mol. The van der Waals surface area contributed by atoms with Crippen molar-refractivity contribution >= 4 is 17.8 Å². The maximum Gasteiger partial charge on any atom is 1.00 e. The van der Waals surface area contributed by atoms with E-state index in [0.29, 0.717) is 6.42 Å². The van der Waals surface area contributed by atoms with Gasteiger partial charge >= 0.3 is 29.6 Å². The van der Waals surface area contributed by atoms with Crippen molar-refractivity contribution < 1.29 is 49.0 Å². The summed E-state index contributed by atoms with van der Waals surface area (Å²) in [5, 5.41) is 13.5. The van der Waals surface area contributed by atoms with Crippen LogP contribution in [-0.2, 0) is 20.8 Å². The molecule has 1 N–H and O–H groups in total. The molecule has 1 saturated heterocycles. The normalized spacial score (nSPS) is 22.1. The predicted octanol–water partition coefficient (Wildman–Crippen LogP) is -4.03. The minimum Gasteiger partial charge on any atom is -0.543 e. The number of hydrogen-bond donors (Lipinski definition) is 1. The summed E-state index contributed by atoms with van der Waals surface area (Å²) < 4.78 is 0. The molecule has 0 bridgehead atoms. The zero-order chi connectivity index (χ0) is 15.0. The Morgan fingerprint density at radius 1 is 1.27 bits per heavy atom. The molecule has 2 aliphatic heterocycles. The fraction of sp³-hybridized carbons (Fsp3) is 0.267. The number of β-lactam (4-membered cyclic amide) rings is 1. The number of carboxylic acid groups (broad SMARTS) is 1. The summed E-state index contributed by atoms with van der Waals surface area (Å²) in [5.41, 5.74) is 0.761. The van der Waals surface area contributed by atoms with E-state index in [1.807, 2.05) is 30.3 Å². The molecule has 1 aromatic carbocycles. The molecule has 2 amide bonds. The molecule has 0 radical (unpaired) electrons. The molecule has 108 valence electrons. The minimum absolute atomic E-state index is 0. The van der Waals surface area contributed by atoms with Crippen LogP contribution in [0, 0.1) is 0 Å². The molecule has 3 rings (SSSR count). The topological polar surface area (TPSA) is 89.5 Å². The largest absolute Gasteiger partial charge is 1.00 e. The van der Waals surface area contributed by atoms with Crippen molar-refractivity contribution in [2.45, 2.75) is 24.9 Å². The van der Waals surface area contributed by atoms with Crippen molar-refractivity contribution in [3.8, 4) is 0 Å². The molecule has 0 aliphatic carbocycles. The van der Waals surface area contributed by atoms with Gasteiger partial charge in [0, 0.05) is 0 Å². The Kier molecular flexibility index (Phi) is 5.05. The SMILES string of the molecule is O=C(Cc1ccccc1)NC1C(=O)N2C(C(=O)[O-])=CC[C@@H]12.[Na+]. The van der Waals surface area contributed by atoms with E-state index in [9.17, 15) is 19.5 Å². The molecule has 0 aromatic heterocycles. The number of carbonyl (C=O) groups is 3. The third-order valence-corrected chi connectivity index (χ3v) is 3.77. The van der Waals surface area contributed by atoms with Gasteiger partial charge in [-0.15, -0.1) is 0 Å². The second-order valence-electron chi connectivity index (χ2n) is 5.10. The van der Waals surface area contributed by atoms with E-state index in [0.717, 1.165) is 5.56 Å². The van der Waals surface area contributed by atoms with Crippen LogP contribution in [0.5, 0.6) is 0 Å². The number of carboxylic acids is 1. The number of amides is 2. The van der Waals surface area contributed by atoms with Crippen LogP contribution in [-0.4, -0.2) is 34.8 Å². The van der Waals surface area contributed by atoms with Crippen molar-refractivity contribution in [2.24, 2.45) is 0 Å². The average molecular weight is 308 g/mol. The molecule has 7 heteroatoms. The maximum absolute atomic E-state index is 11.9. The standard InChI is InChI=1S/C15H14N2O4.Na/c18-12(8-9-4-2-1-3-5-9)16-13-10-6-7-11(15(20)21)17(10)14(13)19;/h1-5,7,10,13H,6,8H2,(H,16,18)(H,20,21);/q;+1/p-1/t10-,13?;/m0./s1. The average Bonchev–Trinajstić information content (AvgIpc) is 2.86. The summed E-state index contributed by atoms with van der Waals surface area (Å²) in [5.74, 6) is -2.00. The van der Waals surface area contributed by atoms with Crippen molar-refractivity contribution in [1.29, 1.82) is 0 Å². The van der Waals surface area contributed by atoms with Crippen molar-refractivity contribution in [2.75, 3.05) is 0 Å². The van der Waals surface area contributed by atoms with Gasteiger partial charge in [-0.1, -0.05) is 36.4 Å². The number of benzene rings is 1. The van der Waals surface area contributed by atoms with Crippen LogP contribution in [0.3, 0.4) is 0 Å². The third-order valence-electron chi connectivity index (χ3n) is 3.77. The first kappa shape index (κ1) is 16.7. The van der Waals surface area contributed by atoms with Crippen LogP contribution in [0.4, 0.5) is 0 Å². The summed E-state index contributed by atoms with van der Waals surface area (Å²) in [7, 11) is 0. The van der Waals surface area contributed by atoms with Gasteiger partial charge in [-0.3, -0.25) is 9.59 Å². The smallest absolute Gasteiger partial charge is 0.543 e. The quantitative estimate of drug-likeness (QED) is 0.453. The van der Waals surface area contributed by atoms with Gasteiger partial charge in [0.1, 0.15) is 6.04 Å². The minimum atomic E-state index is -1.36. The second-order valence-corrected chi connectivity index (χ2v) is 5.10. The van der Waals surface area contributed by atoms with E-state index in [-0.39, 0.29) is 53.6 Å². The third kappa shape index (κ3) is 2.95. The monoisotopic (exact) mass is 308 g/mol. The first-order valence-electron chi connectivity index (χ1n) is 6.66. The number of carbonyl (C=O) groups excluding carboxylic acids is 3. The van der Waals surface area contributed by atoms with Crippen molar-refractivity contribution in [3.63, 3.8) is 0 Å². The predicted molar refractivity (Wildman–Crippen MR) is 70.4 cm³/mol. The molecule has 0 saturated carbocycles. The maximum atomic E-state index is 11.9. The van der Waals surface area contributed by atoms with Crippen molar-refractivity contribution in [3.05, 3.63) is 47.7 Å². The molecule has 2 aliphatic rings. The molecule has 1 fully saturated rings. The van der Waals surface area contributed by atoms with E-state index in [1.165, 1.54) is 11.0 Å². The molecule has 1 unspecified atom stereocenters. The van der Waals surface area contributed by atoms with Crippen LogP contribution >= 0.6 is 0 Å². The molecular formula is C15H13N2NaO4. The van der Waals surface area contributed by atoms with Crippen LogP contribution in [0.15, 0.2) is 42.1 Å². The summed E-state index contributed by atoms with van der Waals surface area (Å²) >= 11 is 0.